The molecule has 0 aliphatic rings. The number of benzene rings is 10. The molecule has 0 bridgehead atoms. The van der Waals surface area contributed by atoms with E-state index in [4.69, 9.17) is 0 Å². The van der Waals surface area contributed by atoms with Gasteiger partial charge in [0.05, 0.1) is 155 Å². The summed E-state index contributed by atoms with van der Waals surface area (Å²) >= 11 is 0. The van der Waals surface area contributed by atoms with Crippen molar-refractivity contribution in [1.29, 1.82) is 52.6 Å². The van der Waals surface area contributed by atoms with E-state index in [2.05, 4.69) is 54.6 Å². The first kappa shape index (κ1) is 53.1. The maximum Gasteiger partial charge on any atom is 0.416 e. The molecular weight excluding hydrogens is 1080 g/mol. The third kappa shape index (κ3) is 8.82. The Bertz CT molecular complexity index is 4930. The van der Waals surface area contributed by atoms with E-state index in [-0.39, 0.29) is 78.1 Å². The molecule has 0 radical (unpaired) electrons. The lowest BCUT2D eigenvalue weighted by Gasteiger charge is -2.22. The normalized spacial score (nSPS) is 10.8. The van der Waals surface area contributed by atoms with Gasteiger partial charge < -0.3 is 9.13 Å². The molecular formula is C71H29F3N12. The highest BCUT2D eigenvalue weighted by Gasteiger charge is 2.33. The zero-order valence-corrected chi connectivity index (χ0v) is 44.2. The van der Waals surface area contributed by atoms with Crippen LogP contribution in [-0.4, -0.2) is 9.13 Å². The Morgan fingerprint density at radius 2 is 0.558 bits per heavy atom. The molecule has 12 nitrogen and oxygen atoms in total. The summed E-state index contributed by atoms with van der Waals surface area (Å²) in [6, 6.07) is 67.7. The minimum absolute atomic E-state index is 0.0197. The number of hydrogen-bond acceptors (Lipinski definition) is 10. The largest absolute Gasteiger partial charge is 0.416 e. The van der Waals surface area contributed by atoms with Crippen molar-refractivity contribution in [1.82, 2.24) is 9.13 Å². The summed E-state index contributed by atoms with van der Waals surface area (Å²) in [4.78, 5) is 0. The van der Waals surface area contributed by atoms with Crippen LogP contribution in [0.25, 0.3) is 111 Å². The minimum Gasteiger partial charge on any atom is -0.308 e. The molecule has 0 aliphatic carbocycles. The van der Waals surface area contributed by atoms with Crippen molar-refractivity contribution in [2.45, 2.75) is 6.18 Å². The average molecular weight is 1110 g/mol. The summed E-state index contributed by atoms with van der Waals surface area (Å²) < 4.78 is 49.9. The lowest BCUT2D eigenvalue weighted by molar-refractivity contribution is -0.137. The second kappa shape index (κ2) is 20.9. The minimum atomic E-state index is -4.99. The second-order valence-electron chi connectivity index (χ2n) is 19.9. The first-order chi connectivity index (χ1) is 41.8. The fourth-order valence-corrected chi connectivity index (χ4v) is 11.4. The summed E-state index contributed by atoms with van der Waals surface area (Å²) in [7, 11) is 0. The van der Waals surface area contributed by atoms with Crippen LogP contribution in [-0.2, 0) is 6.18 Å². The van der Waals surface area contributed by atoms with E-state index >= 15 is 13.2 Å². The molecule has 12 aromatic rings. The van der Waals surface area contributed by atoms with Crippen LogP contribution in [0, 0.1) is 113 Å². The molecule has 15 heteroatoms. The topological polar surface area (TPSA) is 248 Å². The van der Waals surface area contributed by atoms with Crippen LogP contribution in [0.15, 0.2) is 176 Å². The van der Waals surface area contributed by atoms with Gasteiger partial charge in [0.1, 0.15) is 0 Å². The molecule has 2 heterocycles. The molecule has 0 saturated heterocycles. The van der Waals surface area contributed by atoms with Gasteiger partial charge in [0, 0.05) is 27.1 Å². The SMILES string of the molecule is N#Cc1cc(-c2c(-n3c4cc(-c5ccc(C#N)cc5C#N)ccc4c4ccc(-c5ccc(C#N)cc5C#N)cc43)cc(C#N)cc2-n2c3cc(-c4ccc(C#N)cc4C#N)ccc3c3ccc(-c4ccc(C#N)cc4C#N)cc32)cc(C(F)(F)F)c1. The zero-order chi connectivity index (χ0) is 60.1. The molecule has 0 saturated carbocycles. The molecule has 0 aliphatic heterocycles. The van der Waals surface area contributed by atoms with Crippen LogP contribution in [0.2, 0.25) is 0 Å². The number of fused-ring (bicyclic) bond motifs is 6. The predicted molar refractivity (Wildman–Crippen MR) is 314 cm³/mol. The fourth-order valence-electron chi connectivity index (χ4n) is 11.4. The Morgan fingerprint density at radius 3 is 0.826 bits per heavy atom. The standard InChI is InChI=1S/C71H29F3N12/c72-71(73,74)55-22-44(34-79)21-50(25-55)70-68(85-64-26-46(56-9-1-40(30-75)17-51(56)36-81)5-13-60(64)61-14-6-47(27-65(61)85)57-10-2-41(31-76)18-52(57)37-82)23-45(35-80)24-69(70)86-66-28-48(58-11-3-42(32-77)19-53(58)38-83)7-15-62(66)63-16-8-49(29-67(63)86)59-12-4-43(33-78)20-54(59)39-84/h1-29H. The zero-order valence-electron chi connectivity index (χ0n) is 44.2. The molecule has 394 valence electrons. The average Bonchev–Trinajstić information content (AvgIpc) is 1.62. The van der Waals surface area contributed by atoms with Crippen molar-refractivity contribution in [3.63, 3.8) is 0 Å². The number of nitrogens with zero attached hydrogens (tertiary/aromatic N) is 12. The third-order valence-corrected chi connectivity index (χ3v) is 15.2. The summed E-state index contributed by atoms with van der Waals surface area (Å²) in [5.41, 5.74) is 5.98. The predicted octanol–water partition coefficient (Wildman–Crippen LogP) is 16.0. The highest BCUT2D eigenvalue weighted by molar-refractivity contribution is 6.14. The second-order valence-corrected chi connectivity index (χ2v) is 19.9. The highest BCUT2D eigenvalue weighted by Crippen LogP contribution is 2.47. The first-order valence-corrected chi connectivity index (χ1v) is 25.9. The van der Waals surface area contributed by atoms with Gasteiger partial charge in [0.25, 0.3) is 0 Å². The van der Waals surface area contributed by atoms with Gasteiger partial charge in [0.2, 0.25) is 0 Å². The summed E-state index contributed by atoms with van der Waals surface area (Å²) in [6.45, 7) is 0. The van der Waals surface area contributed by atoms with Gasteiger partial charge in [-0.1, -0.05) is 72.8 Å². The van der Waals surface area contributed by atoms with Gasteiger partial charge in [-0.25, -0.2) is 0 Å². The molecule has 10 aromatic carbocycles. The molecule has 0 amide bonds. The summed E-state index contributed by atoms with van der Waals surface area (Å²) in [5.74, 6) is 0. The molecule has 0 unspecified atom stereocenters. The van der Waals surface area contributed by atoms with E-state index in [0.717, 1.165) is 12.1 Å². The third-order valence-electron chi connectivity index (χ3n) is 15.2. The highest BCUT2D eigenvalue weighted by atomic mass is 19.4. The Balaban J connectivity index is 1.30. The maximum absolute atomic E-state index is 15.4. The Kier molecular flexibility index (Phi) is 12.9. The van der Waals surface area contributed by atoms with Gasteiger partial charge in [0.15, 0.2) is 0 Å². The van der Waals surface area contributed by atoms with Crippen LogP contribution in [0.4, 0.5) is 13.2 Å². The van der Waals surface area contributed by atoms with Crippen molar-refractivity contribution in [3.05, 3.63) is 237 Å². The van der Waals surface area contributed by atoms with E-state index in [9.17, 15) is 52.6 Å². The van der Waals surface area contributed by atoms with Crippen LogP contribution in [0.3, 0.4) is 0 Å². The number of hydrogen-bond donors (Lipinski definition) is 0. The van der Waals surface area contributed by atoms with Gasteiger partial charge in [-0.3, -0.25) is 0 Å². The quantitative estimate of drug-likeness (QED) is 0.146. The van der Waals surface area contributed by atoms with Crippen molar-refractivity contribution in [2.75, 3.05) is 0 Å². The molecule has 0 N–H and O–H groups in total. The van der Waals surface area contributed by atoms with Crippen LogP contribution >= 0.6 is 0 Å². The Labute approximate surface area is 487 Å². The number of aromatic nitrogens is 2. The van der Waals surface area contributed by atoms with E-state index in [1.165, 1.54) is 42.5 Å². The van der Waals surface area contributed by atoms with Crippen molar-refractivity contribution < 1.29 is 13.2 Å². The van der Waals surface area contributed by atoms with Crippen LogP contribution in [0.5, 0.6) is 0 Å². The van der Waals surface area contributed by atoms with Crippen molar-refractivity contribution in [3.8, 4) is 128 Å². The molecule has 0 atom stereocenters. The van der Waals surface area contributed by atoms with Gasteiger partial charge >= 0.3 is 6.18 Å². The van der Waals surface area contributed by atoms with Gasteiger partial charge in [-0.15, -0.1) is 0 Å². The molecule has 12 rings (SSSR count). The van der Waals surface area contributed by atoms with E-state index in [1.807, 2.05) is 30.3 Å². The number of alkyl halides is 3. The van der Waals surface area contributed by atoms with Gasteiger partial charge in [-0.2, -0.15) is 65.8 Å². The van der Waals surface area contributed by atoms with Crippen LogP contribution in [0.1, 0.15) is 61.2 Å². The molecule has 0 spiro atoms. The molecule has 86 heavy (non-hydrogen) atoms. The van der Waals surface area contributed by atoms with E-state index < -0.39 is 11.7 Å². The van der Waals surface area contributed by atoms with Gasteiger partial charge in [-0.05, 0) is 153 Å². The number of nitriles is 10. The summed E-state index contributed by atoms with van der Waals surface area (Å²) in [6.07, 6.45) is -4.99. The Hall–Kier alpha value is -13.5. The lowest BCUT2D eigenvalue weighted by Crippen LogP contribution is -2.08. The van der Waals surface area contributed by atoms with Crippen molar-refractivity contribution in [2.24, 2.45) is 0 Å². The molecule has 2 aromatic heterocycles. The van der Waals surface area contributed by atoms with Crippen molar-refractivity contribution >= 4 is 43.6 Å². The lowest BCUT2D eigenvalue weighted by atomic mass is 9.94. The maximum atomic E-state index is 15.4. The van der Waals surface area contributed by atoms with E-state index in [0.29, 0.717) is 88.1 Å². The number of halogens is 3. The fraction of sp³-hybridized carbons (Fsp3) is 0.0141. The smallest absolute Gasteiger partial charge is 0.308 e. The summed E-state index contributed by atoms with van der Waals surface area (Å²) in [5, 5.41) is 105. The first-order valence-electron chi connectivity index (χ1n) is 25.9. The number of rotatable bonds is 7. The van der Waals surface area contributed by atoms with E-state index in [1.54, 1.807) is 106 Å². The Morgan fingerprint density at radius 1 is 0.267 bits per heavy atom. The monoisotopic (exact) mass is 1110 g/mol. The van der Waals surface area contributed by atoms with Crippen LogP contribution < -0.4 is 0 Å². The molecule has 0 fully saturated rings.